The van der Waals surface area contributed by atoms with Gasteiger partial charge in [-0.3, -0.25) is 0 Å². The maximum atomic E-state index is 12.0. The predicted molar refractivity (Wildman–Crippen MR) is 38.5 cm³/mol. The van der Waals surface area contributed by atoms with Crippen molar-refractivity contribution in [3.05, 3.63) is 10.6 Å². The standard InChI is InChI=1S/C5H3F3N2O2S/c6-5(7,8)2-1(3(11)12)13-4(9)10-2/h(H2,9,10)(H,11,12). The largest absolute Gasteiger partial charge is 0.477 e. The summed E-state index contributed by atoms with van der Waals surface area (Å²) in [7, 11) is 0. The Kier molecular flexibility index (Phi) is 2.16. The number of halogens is 3. The molecule has 0 unspecified atom stereocenters. The first-order chi connectivity index (χ1) is 5.82. The van der Waals surface area contributed by atoms with Gasteiger partial charge in [0.2, 0.25) is 0 Å². The summed E-state index contributed by atoms with van der Waals surface area (Å²) in [5.41, 5.74) is 3.52. The Morgan fingerprint density at radius 2 is 2.08 bits per heavy atom. The van der Waals surface area contributed by atoms with Crippen molar-refractivity contribution in [3.63, 3.8) is 0 Å². The van der Waals surface area contributed by atoms with Crippen molar-refractivity contribution in [2.24, 2.45) is 0 Å². The number of carboxylic acid groups (broad SMARTS) is 1. The van der Waals surface area contributed by atoms with Gasteiger partial charge in [-0.2, -0.15) is 13.2 Å². The zero-order valence-corrected chi connectivity index (χ0v) is 6.74. The maximum Gasteiger partial charge on any atom is 0.435 e. The average molecular weight is 212 g/mol. The van der Waals surface area contributed by atoms with Crippen LogP contribution in [-0.4, -0.2) is 16.1 Å². The van der Waals surface area contributed by atoms with E-state index in [1.54, 1.807) is 0 Å². The molecule has 0 saturated carbocycles. The molecule has 0 aliphatic rings. The van der Waals surface area contributed by atoms with E-state index in [1.807, 2.05) is 0 Å². The number of aromatic carboxylic acids is 1. The van der Waals surface area contributed by atoms with E-state index in [1.165, 1.54) is 0 Å². The molecule has 0 bridgehead atoms. The van der Waals surface area contributed by atoms with Crippen molar-refractivity contribution in [3.8, 4) is 0 Å². The molecule has 0 fully saturated rings. The molecule has 4 nitrogen and oxygen atoms in total. The van der Waals surface area contributed by atoms with Crippen LogP contribution >= 0.6 is 11.3 Å². The normalized spacial score (nSPS) is 11.6. The quantitative estimate of drug-likeness (QED) is 0.738. The lowest BCUT2D eigenvalue weighted by molar-refractivity contribution is -0.141. The summed E-state index contributed by atoms with van der Waals surface area (Å²) in [5.74, 6) is -1.68. The van der Waals surface area contributed by atoms with E-state index in [-0.39, 0.29) is 0 Å². The van der Waals surface area contributed by atoms with Crippen LogP contribution in [-0.2, 0) is 6.18 Å². The Hall–Kier alpha value is -1.31. The molecule has 0 amide bonds. The molecule has 3 N–H and O–H groups in total. The van der Waals surface area contributed by atoms with Gasteiger partial charge in [-0.1, -0.05) is 11.3 Å². The number of hydrogen-bond acceptors (Lipinski definition) is 4. The summed E-state index contributed by atoms with van der Waals surface area (Å²) in [6.07, 6.45) is -4.78. The van der Waals surface area contributed by atoms with Gasteiger partial charge in [-0.05, 0) is 0 Å². The zero-order chi connectivity index (χ0) is 10.2. The van der Waals surface area contributed by atoms with Crippen LogP contribution in [0.3, 0.4) is 0 Å². The molecule has 0 spiro atoms. The highest BCUT2D eigenvalue weighted by Gasteiger charge is 2.39. The van der Waals surface area contributed by atoms with E-state index in [2.05, 4.69) is 4.98 Å². The fourth-order valence-electron chi connectivity index (χ4n) is 0.674. The van der Waals surface area contributed by atoms with Crippen LogP contribution in [0.5, 0.6) is 0 Å². The third-order valence-corrected chi connectivity index (χ3v) is 1.98. The minimum Gasteiger partial charge on any atom is -0.477 e. The first kappa shape index (κ1) is 9.78. The summed E-state index contributed by atoms with van der Waals surface area (Å²) in [5, 5.41) is 7.94. The second-order valence-corrected chi connectivity index (χ2v) is 3.06. The van der Waals surface area contributed by atoms with Crippen molar-refractivity contribution in [2.75, 3.05) is 5.73 Å². The molecule has 0 aromatic carbocycles. The van der Waals surface area contributed by atoms with Gasteiger partial charge in [0.1, 0.15) is 4.88 Å². The van der Waals surface area contributed by atoms with Crippen molar-refractivity contribution < 1.29 is 23.1 Å². The number of anilines is 1. The molecule has 0 radical (unpaired) electrons. The van der Waals surface area contributed by atoms with Crippen LogP contribution in [0.25, 0.3) is 0 Å². The molecule has 0 aliphatic carbocycles. The van der Waals surface area contributed by atoms with E-state index in [4.69, 9.17) is 10.8 Å². The SMILES string of the molecule is Nc1nc(C(F)(F)F)c(C(=O)O)s1. The summed E-state index contributed by atoms with van der Waals surface area (Å²) >= 11 is 0.296. The Morgan fingerprint density at radius 3 is 2.38 bits per heavy atom. The first-order valence-corrected chi connectivity index (χ1v) is 3.71. The van der Waals surface area contributed by atoms with Crippen molar-refractivity contribution in [2.45, 2.75) is 6.18 Å². The van der Waals surface area contributed by atoms with Crippen LogP contribution in [0.4, 0.5) is 18.3 Å². The third kappa shape index (κ3) is 1.89. The third-order valence-electron chi connectivity index (χ3n) is 1.11. The number of thiazole rings is 1. The van der Waals surface area contributed by atoms with E-state index >= 15 is 0 Å². The predicted octanol–water partition coefficient (Wildman–Crippen LogP) is 1.44. The van der Waals surface area contributed by atoms with Gasteiger partial charge in [-0.15, -0.1) is 0 Å². The van der Waals surface area contributed by atoms with E-state index < -0.39 is 27.8 Å². The molecule has 8 heteroatoms. The second-order valence-electron chi connectivity index (χ2n) is 2.03. The smallest absolute Gasteiger partial charge is 0.435 e. The van der Waals surface area contributed by atoms with Gasteiger partial charge in [0.15, 0.2) is 10.8 Å². The van der Waals surface area contributed by atoms with Gasteiger partial charge < -0.3 is 10.8 Å². The molecule has 1 aromatic rings. The number of rotatable bonds is 1. The molecule has 1 aromatic heterocycles. The number of nitrogens with two attached hydrogens (primary N) is 1. The highest BCUT2D eigenvalue weighted by Crippen LogP contribution is 2.34. The van der Waals surface area contributed by atoms with Gasteiger partial charge in [-0.25, -0.2) is 9.78 Å². The minimum atomic E-state index is -4.78. The van der Waals surface area contributed by atoms with Crippen LogP contribution in [0.1, 0.15) is 15.4 Å². The maximum absolute atomic E-state index is 12.0. The fourth-order valence-corrected chi connectivity index (χ4v) is 1.37. The number of nitrogen functional groups attached to an aromatic ring is 1. The molecule has 1 rings (SSSR count). The lowest BCUT2D eigenvalue weighted by Crippen LogP contribution is -2.11. The monoisotopic (exact) mass is 212 g/mol. The molecular formula is C5H3F3N2O2S. The highest BCUT2D eigenvalue weighted by atomic mass is 32.1. The fraction of sp³-hybridized carbons (Fsp3) is 0.200. The molecular weight excluding hydrogens is 209 g/mol. The van der Waals surface area contributed by atoms with Crippen molar-refractivity contribution in [1.29, 1.82) is 0 Å². The summed E-state index contributed by atoms with van der Waals surface area (Å²) < 4.78 is 36.1. The summed E-state index contributed by atoms with van der Waals surface area (Å²) in [4.78, 5) is 12.3. The van der Waals surface area contributed by atoms with Crippen LogP contribution in [0.2, 0.25) is 0 Å². The summed E-state index contributed by atoms with van der Waals surface area (Å²) in [6.45, 7) is 0. The minimum absolute atomic E-state index is 0.296. The Balaban J connectivity index is 3.28. The van der Waals surface area contributed by atoms with Gasteiger partial charge in [0, 0.05) is 0 Å². The summed E-state index contributed by atoms with van der Waals surface area (Å²) in [6, 6.07) is 0. The second kappa shape index (κ2) is 2.87. The topological polar surface area (TPSA) is 76.2 Å². The number of hydrogen-bond donors (Lipinski definition) is 2. The molecule has 0 saturated heterocycles. The number of aromatic nitrogens is 1. The Bertz CT molecular complexity index is 346. The molecule has 0 aliphatic heterocycles. The zero-order valence-electron chi connectivity index (χ0n) is 5.92. The van der Waals surface area contributed by atoms with Gasteiger partial charge in [0.25, 0.3) is 0 Å². The highest BCUT2D eigenvalue weighted by molar-refractivity contribution is 7.17. The number of alkyl halides is 3. The first-order valence-electron chi connectivity index (χ1n) is 2.89. The Labute approximate surface area is 73.8 Å². The van der Waals surface area contributed by atoms with Crippen LogP contribution in [0, 0.1) is 0 Å². The number of nitrogens with zero attached hydrogens (tertiary/aromatic N) is 1. The number of carbonyl (C=O) groups is 1. The van der Waals surface area contributed by atoms with E-state index in [9.17, 15) is 18.0 Å². The lowest BCUT2D eigenvalue weighted by atomic mass is 10.3. The lowest BCUT2D eigenvalue weighted by Gasteiger charge is -2.01. The van der Waals surface area contributed by atoms with Crippen molar-refractivity contribution >= 4 is 22.4 Å². The van der Waals surface area contributed by atoms with Crippen LogP contribution < -0.4 is 5.73 Å². The van der Waals surface area contributed by atoms with Crippen molar-refractivity contribution in [1.82, 2.24) is 4.98 Å². The van der Waals surface area contributed by atoms with E-state index in [0.29, 0.717) is 11.3 Å². The number of carboxylic acids is 1. The molecule has 1 heterocycles. The van der Waals surface area contributed by atoms with Gasteiger partial charge >= 0.3 is 12.1 Å². The molecule has 0 atom stereocenters. The molecule has 72 valence electrons. The average Bonchev–Trinajstić information content (AvgIpc) is 2.29. The van der Waals surface area contributed by atoms with E-state index in [0.717, 1.165) is 0 Å². The molecule has 13 heavy (non-hydrogen) atoms. The Morgan fingerprint density at radius 1 is 1.54 bits per heavy atom. The van der Waals surface area contributed by atoms with Crippen LogP contribution in [0.15, 0.2) is 0 Å². The van der Waals surface area contributed by atoms with Gasteiger partial charge in [0.05, 0.1) is 0 Å².